The molecule has 0 aliphatic rings. The Morgan fingerprint density at radius 2 is 2.00 bits per heavy atom. The molecule has 1 heterocycles. The molecule has 0 bridgehead atoms. The van der Waals surface area contributed by atoms with E-state index < -0.39 is 5.97 Å². The predicted octanol–water partition coefficient (Wildman–Crippen LogP) is 1.77. The molecule has 0 saturated heterocycles. The Morgan fingerprint density at radius 1 is 1.22 bits per heavy atom. The first-order valence-electron chi connectivity index (χ1n) is 7.41. The normalized spacial score (nSPS) is 11.5. The summed E-state index contributed by atoms with van der Waals surface area (Å²) in [5.41, 5.74) is 1.31. The molecule has 0 saturated carbocycles. The maximum atomic E-state index is 11.8. The average molecular weight is 313 g/mol. The Kier molecular flexibility index (Phi) is 6.23. The zero-order chi connectivity index (χ0) is 16.5. The number of amides is 1. The van der Waals surface area contributed by atoms with Crippen LogP contribution >= 0.6 is 0 Å². The zero-order valence-corrected chi connectivity index (χ0v) is 12.9. The first kappa shape index (κ1) is 16.6. The zero-order valence-electron chi connectivity index (χ0n) is 12.9. The van der Waals surface area contributed by atoms with Crippen LogP contribution in [0.5, 0.6) is 0 Å². The predicted molar refractivity (Wildman–Crippen MR) is 84.7 cm³/mol. The minimum absolute atomic E-state index is 0.00192. The van der Waals surface area contributed by atoms with Gasteiger partial charge in [0.2, 0.25) is 0 Å². The van der Waals surface area contributed by atoms with Crippen LogP contribution in [0.2, 0.25) is 0 Å². The molecule has 120 valence electrons. The van der Waals surface area contributed by atoms with Crippen LogP contribution in [0.25, 0.3) is 0 Å². The van der Waals surface area contributed by atoms with Gasteiger partial charge in [-0.3, -0.25) is 9.78 Å². The van der Waals surface area contributed by atoms with Crippen molar-refractivity contribution in [3.63, 3.8) is 0 Å². The van der Waals surface area contributed by atoms with Gasteiger partial charge in [-0.2, -0.15) is 0 Å². The fourth-order valence-corrected chi connectivity index (χ4v) is 2.03. The van der Waals surface area contributed by atoms with Gasteiger partial charge in [-0.25, -0.2) is 9.78 Å². The van der Waals surface area contributed by atoms with Crippen molar-refractivity contribution in [2.75, 3.05) is 6.61 Å². The molecule has 1 aromatic carbocycles. The number of nitrogens with one attached hydrogen (secondary N) is 1. The molecule has 0 radical (unpaired) electrons. The summed E-state index contributed by atoms with van der Waals surface area (Å²) >= 11 is 0. The van der Waals surface area contributed by atoms with E-state index in [1.165, 1.54) is 24.2 Å². The van der Waals surface area contributed by atoms with Crippen molar-refractivity contribution >= 4 is 11.9 Å². The molecule has 2 rings (SSSR count). The lowest BCUT2D eigenvalue weighted by molar-refractivity contribution is -0.124. The maximum Gasteiger partial charge on any atom is 0.359 e. The van der Waals surface area contributed by atoms with E-state index in [0.29, 0.717) is 0 Å². The van der Waals surface area contributed by atoms with E-state index in [4.69, 9.17) is 4.74 Å². The first-order valence-corrected chi connectivity index (χ1v) is 7.41. The molecule has 0 aliphatic heterocycles. The van der Waals surface area contributed by atoms with Crippen molar-refractivity contribution in [1.29, 1.82) is 0 Å². The molecule has 0 aliphatic carbocycles. The Bertz CT molecular complexity index is 632. The number of esters is 1. The van der Waals surface area contributed by atoms with Gasteiger partial charge in [0.25, 0.3) is 5.91 Å². The van der Waals surface area contributed by atoms with Crippen LogP contribution in [0.15, 0.2) is 48.9 Å². The number of benzene rings is 1. The van der Waals surface area contributed by atoms with Gasteiger partial charge >= 0.3 is 5.97 Å². The van der Waals surface area contributed by atoms with Gasteiger partial charge in [-0.1, -0.05) is 30.3 Å². The minimum Gasteiger partial charge on any atom is -0.451 e. The van der Waals surface area contributed by atoms with Gasteiger partial charge in [-0.05, 0) is 25.3 Å². The maximum absolute atomic E-state index is 11.8. The number of nitrogens with zero attached hydrogens (tertiary/aromatic N) is 2. The fraction of sp³-hybridized carbons (Fsp3) is 0.294. The van der Waals surface area contributed by atoms with Crippen molar-refractivity contribution < 1.29 is 14.3 Å². The van der Waals surface area contributed by atoms with Crippen molar-refractivity contribution in [3.05, 3.63) is 60.2 Å². The topological polar surface area (TPSA) is 81.2 Å². The van der Waals surface area contributed by atoms with Crippen LogP contribution in [-0.4, -0.2) is 34.5 Å². The average Bonchev–Trinajstić information content (AvgIpc) is 2.59. The molecule has 1 N–H and O–H groups in total. The van der Waals surface area contributed by atoms with E-state index >= 15 is 0 Å². The van der Waals surface area contributed by atoms with Crippen molar-refractivity contribution in [2.24, 2.45) is 0 Å². The number of carbonyl (C=O) groups excluding carboxylic acids is 2. The smallest absolute Gasteiger partial charge is 0.359 e. The monoisotopic (exact) mass is 313 g/mol. The fourth-order valence-electron chi connectivity index (χ4n) is 2.03. The SMILES string of the molecule is CC(CCc1ccccc1)NC(=O)COC(=O)c1cnccn1. The first-order chi connectivity index (χ1) is 11.1. The molecule has 1 aromatic heterocycles. The summed E-state index contributed by atoms with van der Waals surface area (Å²) in [7, 11) is 0. The van der Waals surface area contributed by atoms with Crippen molar-refractivity contribution in [1.82, 2.24) is 15.3 Å². The lowest BCUT2D eigenvalue weighted by Crippen LogP contribution is -2.36. The number of hydrogen-bond donors (Lipinski definition) is 1. The molecular formula is C17H19N3O3. The summed E-state index contributed by atoms with van der Waals surface area (Å²) in [6.07, 6.45) is 5.83. The Balaban J connectivity index is 1.69. The Morgan fingerprint density at radius 3 is 2.70 bits per heavy atom. The summed E-state index contributed by atoms with van der Waals surface area (Å²) in [5.74, 6) is -0.993. The summed E-state index contributed by atoms with van der Waals surface area (Å²) < 4.78 is 4.90. The number of rotatable bonds is 7. The van der Waals surface area contributed by atoms with Crippen LogP contribution in [0.3, 0.4) is 0 Å². The van der Waals surface area contributed by atoms with Crippen LogP contribution < -0.4 is 5.32 Å². The Labute approximate surface area is 134 Å². The van der Waals surface area contributed by atoms with E-state index in [9.17, 15) is 9.59 Å². The van der Waals surface area contributed by atoms with Gasteiger partial charge in [0.05, 0.1) is 6.20 Å². The van der Waals surface area contributed by atoms with E-state index in [1.807, 2.05) is 25.1 Å². The second-order valence-corrected chi connectivity index (χ2v) is 5.16. The minimum atomic E-state index is -0.662. The summed E-state index contributed by atoms with van der Waals surface area (Å²) in [5, 5.41) is 2.80. The van der Waals surface area contributed by atoms with Gasteiger partial charge in [0.1, 0.15) is 0 Å². The second-order valence-electron chi connectivity index (χ2n) is 5.16. The molecule has 2 aromatic rings. The molecule has 1 amide bonds. The molecular weight excluding hydrogens is 294 g/mol. The second kappa shape index (κ2) is 8.63. The van der Waals surface area contributed by atoms with E-state index in [2.05, 4.69) is 27.4 Å². The van der Waals surface area contributed by atoms with Gasteiger partial charge in [-0.15, -0.1) is 0 Å². The number of aromatic nitrogens is 2. The molecule has 6 heteroatoms. The molecule has 1 unspecified atom stereocenters. The van der Waals surface area contributed by atoms with Gasteiger partial charge < -0.3 is 10.1 Å². The quantitative estimate of drug-likeness (QED) is 0.788. The van der Waals surface area contributed by atoms with Crippen molar-refractivity contribution in [3.8, 4) is 0 Å². The number of hydrogen-bond acceptors (Lipinski definition) is 5. The number of ether oxygens (including phenoxy) is 1. The molecule has 6 nitrogen and oxygen atoms in total. The van der Waals surface area contributed by atoms with Crippen LogP contribution in [0.1, 0.15) is 29.4 Å². The Hall–Kier alpha value is -2.76. The standard InChI is InChI=1S/C17H19N3O3/c1-13(7-8-14-5-3-2-4-6-14)20-16(21)12-23-17(22)15-11-18-9-10-19-15/h2-6,9-11,13H,7-8,12H2,1H3,(H,20,21). The van der Waals surface area contributed by atoms with E-state index in [-0.39, 0.29) is 24.2 Å². The molecule has 1 atom stereocenters. The highest BCUT2D eigenvalue weighted by molar-refractivity contribution is 5.89. The molecule has 23 heavy (non-hydrogen) atoms. The van der Waals surface area contributed by atoms with Gasteiger partial charge in [0, 0.05) is 18.4 Å². The van der Waals surface area contributed by atoms with Gasteiger partial charge in [0.15, 0.2) is 12.3 Å². The summed E-state index contributed by atoms with van der Waals surface area (Å²) in [4.78, 5) is 31.0. The number of carbonyl (C=O) groups is 2. The molecule has 0 spiro atoms. The lowest BCUT2D eigenvalue weighted by atomic mass is 10.1. The van der Waals surface area contributed by atoms with Crippen LogP contribution in [-0.2, 0) is 16.0 Å². The van der Waals surface area contributed by atoms with E-state index in [0.717, 1.165) is 12.8 Å². The third-order valence-electron chi connectivity index (χ3n) is 3.22. The summed E-state index contributed by atoms with van der Waals surface area (Å²) in [6.45, 7) is 1.59. The summed E-state index contributed by atoms with van der Waals surface area (Å²) in [6, 6.07) is 10.1. The van der Waals surface area contributed by atoms with E-state index in [1.54, 1.807) is 0 Å². The largest absolute Gasteiger partial charge is 0.451 e. The number of aryl methyl sites for hydroxylation is 1. The van der Waals surface area contributed by atoms with Crippen molar-refractivity contribution in [2.45, 2.75) is 25.8 Å². The third kappa shape index (κ3) is 5.86. The lowest BCUT2D eigenvalue weighted by Gasteiger charge is -2.14. The third-order valence-corrected chi connectivity index (χ3v) is 3.22. The highest BCUT2D eigenvalue weighted by atomic mass is 16.5. The van der Waals surface area contributed by atoms with Crippen LogP contribution in [0.4, 0.5) is 0 Å². The highest BCUT2D eigenvalue weighted by Gasteiger charge is 2.13. The molecule has 0 fully saturated rings. The highest BCUT2D eigenvalue weighted by Crippen LogP contribution is 2.04. The van der Waals surface area contributed by atoms with Crippen LogP contribution in [0, 0.1) is 0 Å².